The van der Waals surface area contributed by atoms with E-state index in [1.807, 2.05) is 0 Å². The smallest absolute Gasteiger partial charge is 0.462 e. The van der Waals surface area contributed by atoms with Gasteiger partial charge in [-0.15, -0.1) is 0 Å². The lowest BCUT2D eigenvalue weighted by atomic mass is 9.99. The van der Waals surface area contributed by atoms with Gasteiger partial charge in [-0.05, 0) is 43.4 Å². The molecule has 0 aromatic heterocycles. The minimum atomic E-state index is -4.96. The molecule has 0 spiro atoms. The number of hydrogen-bond donors (Lipinski definition) is 3. The monoisotopic (exact) mass is 1510 g/mol. The highest BCUT2D eigenvalue weighted by Gasteiger charge is 2.30. The number of aliphatic hydroxyl groups excluding tert-OH is 1. The number of carbonyl (C=O) groups is 4. The van der Waals surface area contributed by atoms with Gasteiger partial charge in [0.25, 0.3) is 0 Å². The summed E-state index contributed by atoms with van der Waals surface area (Å²) in [7, 11) is -9.92. The lowest BCUT2D eigenvalue weighted by Gasteiger charge is -2.21. The van der Waals surface area contributed by atoms with E-state index in [1.54, 1.807) is 0 Å². The Bertz CT molecular complexity index is 1990. The molecule has 0 heterocycles. The van der Waals surface area contributed by atoms with Gasteiger partial charge in [0.2, 0.25) is 0 Å². The molecule has 3 N–H and O–H groups in total. The summed E-state index contributed by atoms with van der Waals surface area (Å²) in [6, 6.07) is 0. The number of carbonyl (C=O) groups excluding carboxylic acids is 4. The van der Waals surface area contributed by atoms with Gasteiger partial charge in [0.15, 0.2) is 12.2 Å². The summed E-state index contributed by atoms with van der Waals surface area (Å²) in [5, 5.41) is 10.7. The van der Waals surface area contributed by atoms with Gasteiger partial charge in [0, 0.05) is 25.7 Å². The van der Waals surface area contributed by atoms with E-state index in [4.69, 9.17) is 37.0 Å². The van der Waals surface area contributed by atoms with E-state index in [1.165, 1.54) is 250 Å². The Morgan fingerprint density at radius 2 is 0.495 bits per heavy atom. The van der Waals surface area contributed by atoms with E-state index < -0.39 is 97.5 Å². The SMILES string of the molecule is CCCCCCCCCCCCC(=O)OC[C@H](COP(=O)(O)OC[C@H](O)COP(=O)(O)OC[C@@H](COC(=O)CCCCCCCCCCCCCCCCCC(C)C)OC(=O)CCCCCCCCCCCCCCCCCCCCC(C)C)OC(=O)CCCCCCCCCCCCC(C)CC. The molecule has 0 aliphatic heterocycles. The minimum Gasteiger partial charge on any atom is -0.462 e. The van der Waals surface area contributed by atoms with Crippen LogP contribution in [0.5, 0.6) is 0 Å². The molecule has 0 aromatic rings. The highest BCUT2D eigenvalue weighted by molar-refractivity contribution is 7.47. The Morgan fingerprint density at radius 3 is 0.738 bits per heavy atom. The summed E-state index contributed by atoms with van der Waals surface area (Å²) in [4.78, 5) is 73.1. The summed E-state index contributed by atoms with van der Waals surface area (Å²) < 4.78 is 68.8. The first-order valence-corrected chi connectivity index (χ1v) is 46.4. The van der Waals surface area contributed by atoms with Crippen LogP contribution in [-0.2, 0) is 65.4 Å². The third kappa shape index (κ3) is 76.6. The molecular weight excluding hydrogens is 1340 g/mol. The standard InChI is InChI=1S/C84H164O17P2/c1-8-10-11-12-13-14-37-44-51-58-65-81(86)94-71-79(101-84(89)68-61-54-47-40-33-32-36-43-50-57-64-77(7)9-2)73-98-102(90,91)96-69-78(85)70-97-103(92,93)99-74-80(72-95-82(87)66-59-52-45-38-30-26-23-19-21-25-29-35-42-49-56-63-76(5)6)100-83(88)67-60-53-46-39-31-27-22-18-16-15-17-20-24-28-34-41-48-55-62-75(3)4/h75-80,85H,8-74H2,1-7H3,(H,90,91)(H,92,93)/t77?,78-,79+,80+/m0/s1. The third-order valence-electron chi connectivity index (χ3n) is 20.0. The van der Waals surface area contributed by atoms with Gasteiger partial charge in [0.05, 0.1) is 26.4 Å². The lowest BCUT2D eigenvalue weighted by molar-refractivity contribution is -0.161. The van der Waals surface area contributed by atoms with Crippen LogP contribution in [-0.4, -0.2) is 96.7 Å². The molecule has 17 nitrogen and oxygen atoms in total. The minimum absolute atomic E-state index is 0.106. The van der Waals surface area contributed by atoms with Crippen molar-refractivity contribution in [1.29, 1.82) is 0 Å². The first kappa shape index (κ1) is 101. The maximum atomic E-state index is 13.1. The van der Waals surface area contributed by atoms with Gasteiger partial charge in [-0.3, -0.25) is 37.3 Å². The van der Waals surface area contributed by atoms with Crippen LogP contribution in [0.25, 0.3) is 0 Å². The van der Waals surface area contributed by atoms with Gasteiger partial charge >= 0.3 is 39.5 Å². The Balaban J connectivity index is 5.23. The molecule has 0 amide bonds. The number of hydrogen-bond acceptors (Lipinski definition) is 15. The number of rotatable bonds is 82. The number of ether oxygens (including phenoxy) is 4. The Hall–Kier alpha value is -1.94. The van der Waals surface area contributed by atoms with Crippen molar-refractivity contribution in [3.8, 4) is 0 Å². The molecule has 0 rings (SSSR count). The molecule has 612 valence electrons. The second-order valence-corrected chi connectivity index (χ2v) is 34.3. The van der Waals surface area contributed by atoms with Gasteiger partial charge in [-0.1, -0.05) is 389 Å². The zero-order valence-corrected chi connectivity index (χ0v) is 69.6. The topological polar surface area (TPSA) is 237 Å². The fourth-order valence-corrected chi connectivity index (χ4v) is 14.6. The quantitative estimate of drug-likeness (QED) is 0.0222. The van der Waals surface area contributed by atoms with Crippen molar-refractivity contribution in [3.63, 3.8) is 0 Å². The third-order valence-corrected chi connectivity index (χ3v) is 21.9. The summed E-state index contributed by atoms with van der Waals surface area (Å²) in [6.07, 6.45) is 63.8. The van der Waals surface area contributed by atoms with Crippen LogP contribution in [0.2, 0.25) is 0 Å². The van der Waals surface area contributed by atoms with Crippen molar-refractivity contribution in [1.82, 2.24) is 0 Å². The molecule has 0 aliphatic rings. The van der Waals surface area contributed by atoms with E-state index in [-0.39, 0.29) is 25.7 Å². The average molecular weight is 1510 g/mol. The first-order chi connectivity index (χ1) is 49.8. The molecule has 0 fully saturated rings. The Labute approximate surface area is 632 Å². The van der Waals surface area contributed by atoms with Crippen LogP contribution in [0.15, 0.2) is 0 Å². The molecule has 0 bridgehead atoms. The fraction of sp³-hybridized carbons (Fsp3) is 0.952. The fourth-order valence-electron chi connectivity index (χ4n) is 13.0. The van der Waals surface area contributed by atoms with Crippen molar-refractivity contribution in [2.24, 2.45) is 17.8 Å². The second kappa shape index (κ2) is 74.2. The molecule has 0 saturated carbocycles. The zero-order valence-electron chi connectivity index (χ0n) is 67.8. The zero-order chi connectivity index (χ0) is 75.8. The van der Waals surface area contributed by atoms with E-state index in [9.17, 15) is 43.2 Å². The van der Waals surface area contributed by atoms with E-state index in [0.717, 1.165) is 108 Å². The van der Waals surface area contributed by atoms with Crippen molar-refractivity contribution < 1.29 is 80.2 Å². The average Bonchev–Trinajstić information content (AvgIpc) is 0.913. The molecule has 3 unspecified atom stereocenters. The number of aliphatic hydroxyl groups is 1. The van der Waals surface area contributed by atoms with Crippen LogP contribution < -0.4 is 0 Å². The molecular formula is C84H164O17P2. The van der Waals surface area contributed by atoms with Gasteiger partial charge < -0.3 is 33.8 Å². The number of phosphoric acid groups is 2. The first-order valence-electron chi connectivity index (χ1n) is 43.4. The second-order valence-electron chi connectivity index (χ2n) is 31.4. The normalized spacial score (nSPS) is 14.2. The van der Waals surface area contributed by atoms with Gasteiger partial charge in [-0.2, -0.15) is 0 Å². The summed E-state index contributed by atoms with van der Waals surface area (Å²) in [5.41, 5.74) is 0. The Kier molecular flexibility index (Phi) is 72.8. The van der Waals surface area contributed by atoms with Gasteiger partial charge in [0.1, 0.15) is 19.3 Å². The highest BCUT2D eigenvalue weighted by atomic mass is 31.2. The van der Waals surface area contributed by atoms with E-state index >= 15 is 0 Å². The van der Waals surface area contributed by atoms with E-state index in [0.29, 0.717) is 25.7 Å². The van der Waals surface area contributed by atoms with E-state index in [2.05, 4.69) is 48.5 Å². The molecule has 6 atom stereocenters. The van der Waals surface area contributed by atoms with Crippen LogP contribution in [0, 0.1) is 17.8 Å². The summed E-state index contributed by atoms with van der Waals surface area (Å²) in [5.74, 6) is 0.323. The van der Waals surface area contributed by atoms with Crippen LogP contribution in [0.4, 0.5) is 0 Å². The largest absolute Gasteiger partial charge is 0.472 e. The maximum Gasteiger partial charge on any atom is 0.472 e. The van der Waals surface area contributed by atoms with Crippen LogP contribution in [0.3, 0.4) is 0 Å². The molecule has 19 heteroatoms. The molecule has 103 heavy (non-hydrogen) atoms. The van der Waals surface area contributed by atoms with Crippen molar-refractivity contribution in [2.45, 2.75) is 458 Å². The van der Waals surface area contributed by atoms with Gasteiger partial charge in [-0.25, -0.2) is 9.13 Å². The summed E-state index contributed by atoms with van der Waals surface area (Å²) in [6.45, 7) is 12.0. The maximum absolute atomic E-state index is 13.1. The summed E-state index contributed by atoms with van der Waals surface area (Å²) >= 11 is 0. The Morgan fingerprint density at radius 1 is 0.282 bits per heavy atom. The van der Waals surface area contributed by atoms with Crippen molar-refractivity contribution in [3.05, 3.63) is 0 Å². The number of esters is 4. The highest BCUT2D eigenvalue weighted by Crippen LogP contribution is 2.45. The lowest BCUT2D eigenvalue weighted by Crippen LogP contribution is -2.30. The predicted molar refractivity (Wildman–Crippen MR) is 423 cm³/mol. The molecule has 0 radical (unpaired) electrons. The molecule has 0 aliphatic carbocycles. The van der Waals surface area contributed by atoms with Crippen LogP contribution in [0.1, 0.15) is 440 Å². The predicted octanol–water partition coefficient (Wildman–Crippen LogP) is 25.3. The van der Waals surface area contributed by atoms with Crippen LogP contribution >= 0.6 is 15.6 Å². The molecule has 0 saturated heterocycles. The van der Waals surface area contributed by atoms with Crippen molar-refractivity contribution in [2.75, 3.05) is 39.6 Å². The van der Waals surface area contributed by atoms with Crippen molar-refractivity contribution >= 4 is 39.5 Å². The molecule has 0 aromatic carbocycles. The number of phosphoric ester groups is 2. The number of unbranched alkanes of at least 4 members (excludes halogenated alkanes) is 49.